The number of hydrogen-bond acceptors (Lipinski definition) is 2. The van der Waals surface area contributed by atoms with E-state index in [9.17, 15) is 0 Å². The predicted octanol–water partition coefficient (Wildman–Crippen LogP) is 1.91. The maximum Gasteiger partial charge on any atom is 0.0348 e. The van der Waals surface area contributed by atoms with E-state index in [1.807, 2.05) is 25.3 Å². The van der Waals surface area contributed by atoms with Crippen LogP contribution in [-0.2, 0) is 0 Å². The van der Waals surface area contributed by atoms with E-state index in [4.69, 9.17) is 0 Å². The van der Waals surface area contributed by atoms with Gasteiger partial charge in [0.15, 0.2) is 0 Å². The molecule has 40 valence electrons. The summed E-state index contributed by atoms with van der Waals surface area (Å²) in [4.78, 5) is 0. The lowest BCUT2D eigenvalue weighted by Crippen LogP contribution is -1.55. The van der Waals surface area contributed by atoms with Gasteiger partial charge < -0.3 is 0 Å². The molecule has 0 aliphatic carbocycles. The maximum absolute atomic E-state index is 3.87. The summed E-state index contributed by atoms with van der Waals surface area (Å²) in [6.45, 7) is 1.96. The number of nitrogens with zero attached hydrogens (tertiary/aromatic N) is 1. The molecule has 0 saturated heterocycles. The first-order valence-corrected chi connectivity index (χ1v) is 3.27. The van der Waals surface area contributed by atoms with Gasteiger partial charge in [0.2, 0.25) is 0 Å². The minimum absolute atomic E-state index is 1.46. The average molecular weight is 115 g/mol. The van der Waals surface area contributed by atoms with Gasteiger partial charge in [-0.1, -0.05) is 6.08 Å². The molecule has 0 aliphatic heterocycles. The van der Waals surface area contributed by atoms with Crippen molar-refractivity contribution in [1.29, 1.82) is 0 Å². The van der Waals surface area contributed by atoms with Crippen molar-refractivity contribution < 1.29 is 0 Å². The van der Waals surface area contributed by atoms with Gasteiger partial charge in [-0.05, 0) is 24.9 Å². The molecule has 0 fully saturated rings. The molecule has 0 atom stereocenters. The Morgan fingerprint density at radius 3 is 2.71 bits per heavy atom. The largest absolute Gasteiger partial charge is 0.225 e. The van der Waals surface area contributed by atoms with Crippen LogP contribution in [0, 0.1) is 0 Å². The van der Waals surface area contributed by atoms with Crippen LogP contribution in [0.3, 0.4) is 0 Å². The van der Waals surface area contributed by atoms with Gasteiger partial charge in [-0.3, -0.25) is 0 Å². The van der Waals surface area contributed by atoms with E-state index in [-0.39, 0.29) is 0 Å². The smallest absolute Gasteiger partial charge is 0.0348 e. The Labute approximate surface area is 48.7 Å². The zero-order valence-electron chi connectivity index (χ0n) is 4.59. The van der Waals surface area contributed by atoms with E-state index in [1.165, 1.54) is 11.9 Å². The van der Waals surface area contributed by atoms with Crippen molar-refractivity contribution in [3.63, 3.8) is 0 Å². The van der Waals surface area contributed by atoms with Gasteiger partial charge in [-0.15, -0.1) is 0 Å². The molecule has 2 heteroatoms. The van der Waals surface area contributed by atoms with Gasteiger partial charge in [-0.2, -0.15) is 0 Å². The summed E-state index contributed by atoms with van der Waals surface area (Å²) >= 11 is 1.46. The summed E-state index contributed by atoms with van der Waals surface area (Å²) in [5.41, 5.74) is 0. The Balaban J connectivity index is 3.09. The third-order valence-electron chi connectivity index (χ3n) is 0.445. The highest BCUT2D eigenvalue weighted by atomic mass is 32.2. The van der Waals surface area contributed by atoms with Crippen LogP contribution >= 0.6 is 11.9 Å². The molecule has 0 heterocycles. The molecule has 1 nitrogen and oxygen atoms in total. The summed E-state index contributed by atoms with van der Waals surface area (Å²) in [5.74, 6) is 0. The zero-order valence-corrected chi connectivity index (χ0v) is 5.40. The van der Waals surface area contributed by atoms with E-state index < -0.39 is 0 Å². The lowest BCUT2D eigenvalue weighted by molar-refractivity contribution is 1.77. The second kappa shape index (κ2) is 5.76. The molecular weight excluding hydrogens is 106 g/mol. The third-order valence-corrected chi connectivity index (χ3v) is 0.777. The number of hydrogen-bond donors (Lipinski definition) is 0. The van der Waals surface area contributed by atoms with Crippen molar-refractivity contribution in [2.75, 3.05) is 6.26 Å². The molecule has 0 N–H and O–H groups in total. The topological polar surface area (TPSA) is 12.4 Å². The highest BCUT2D eigenvalue weighted by Gasteiger charge is 1.58. The van der Waals surface area contributed by atoms with Gasteiger partial charge in [0.05, 0.1) is 0 Å². The van der Waals surface area contributed by atoms with E-state index in [2.05, 4.69) is 4.40 Å². The van der Waals surface area contributed by atoms with Gasteiger partial charge in [-0.25, -0.2) is 4.40 Å². The fourth-order valence-electron chi connectivity index (χ4n) is 0.182. The molecule has 0 unspecified atom stereocenters. The Morgan fingerprint density at radius 1 is 1.57 bits per heavy atom. The molecule has 0 aromatic rings. The predicted molar refractivity (Wildman–Crippen MR) is 36.8 cm³/mol. The van der Waals surface area contributed by atoms with Crippen LogP contribution in [0.15, 0.2) is 16.5 Å². The lowest BCUT2D eigenvalue weighted by atomic mass is 10.6. The van der Waals surface area contributed by atoms with Gasteiger partial charge in [0, 0.05) is 12.5 Å². The Kier molecular flexibility index (Phi) is 5.56. The molecule has 0 aromatic carbocycles. The van der Waals surface area contributed by atoms with Crippen LogP contribution < -0.4 is 0 Å². The molecule has 0 spiro atoms. The standard InChI is InChI=1S/C5H9NS/c1-3-4-5-6-7-2/h3-5H,1-2H3. The number of rotatable bonds is 2. The van der Waals surface area contributed by atoms with Crippen LogP contribution in [0.25, 0.3) is 0 Å². The minimum atomic E-state index is 1.46. The summed E-state index contributed by atoms with van der Waals surface area (Å²) in [6, 6.07) is 0. The maximum atomic E-state index is 3.87. The normalized spacial score (nSPS) is 11.7. The zero-order chi connectivity index (χ0) is 5.54. The average Bonchev–Trinajstić information content (AvgIpc) is 1.69. The molecule has 0 bridgehead atoms. The molecule has 0 aromatic heterocycles. The summed E-state index contributed by atoms with van der Waals surface area (Å²) in [7, 11) is 0. The van der Waals surface area contributed by atoms with Crippen LogP contribution in [0.2, 0.25) is 0 Å². The van der Waals surface area contributed by atoms with Crippen molar-refractivity contribution in [2.45, 2.75) is 6.92 Å². The first-order valence-electron chi connectivity index (χ1n) is 2.09. The van der Waals surface area contributed by atoms with Gasteiger partial charge in [0.1, 0.15) is 0 Å². The molecule has 0 saturated carbocycles. The van der Waals surface area contributed by atoms with Crippen molar-refractivity contribution in [1.82, 2.24) is 0 Å². The van der Waals surface area contributed by atoms with E-state index in [1.54, 1.807) is 6.21 Å². The van der Waals surface area contributed by atoms with Crippen LogP contribution in [0.1, 0.15) is 6.92 Å². The van der Waals surface area contributed by atoms with Crippen molar-refractivity contribution in [2.24, 2.45) is 4.40 Å². The van der Waals surface area contributed by atoms with Crippen molar-refractivity contribution in [3.05, 3.63) is 12.2 Å². The number of allylic oxidation sites excluding steroid dienone is 2. The third kappa shape index (κ3) is 5.76. The molecule has 0 amide bonds. The fraction of sp³-hybridized carbons (Fsp3) is 0.400. The first-order chi connectivity index (χ1) is 3.41. The van der Waals surface area contributed by atoms with Gasteiger partial charge >= 0.3 is 0 Å². The monoisotopic (exact) mass is 115 g/mol. The summed E-state index contributed by atoms with van der Waals surface area (Å²) in [5, 5.41) is 0. The fourth-order valence-corrected chi connectivity index (χ4v) is 0.374. The Bertz CT molecular complexity index is 76.1. The SMILES string of the molecule is CC=CC=NSC. The Hall–Kier alpha value is -0.240. The van der Waals surface area contributed by atoms with E-state index in [0.29, 0.717) is 0 Å². The molecule has 0 aliphatic rings. The van der Waals surface area contributed by atoms with Crippen molar-refractivity contribution >= 4 is 18.2 Å². The second-order valence-corrected chi connectivity index (χ2v) is 1.54. The van der Waals surface area contributed by atoms with E-state index >= 15 is 0 Å². The highest BCUT2D eigenvalue weighted by molar-refractivity contribution is 7.97. The second-order valence-electron chi connectivity index (χ2n) is 0.963. The van der Waals surface area contributed by atoms with E-state index in [0.717, 1.165) is 0 Å². The van der Waals surface area contributed by atoms with Gasteiger partial charge in [0.25, 0.3) is 0 Å². The van der Waals surface area contributed by atoms with Crippen LogP contribution in [-0.4, -0.2) is 12.5 Å². The summed E-state index contributed by atoms with van der Waals surface area (Å²) < 4.78 is 3.87. The molecule has 7 heavy (non-hydrogen) atoms. The molecule has 0 rings (SSSR count). The lowest BCUT2D eigenvalue weighted by Gasteiger charge is -1.71. The van der Waals surface area contributed by atoms with Crippen molar-refractivity contribution in [3.8, 4) is 0 Å². The van der Waals surface area contributed by atoms with Crippen LogP contribution in [0.4, 0.5) is 0 Å². The molecular formula is C5H9NS. The molecule has 0 radical (unpaired) electrons. The Morgan fingerprint density at radius 2 is 2.29 bits per heavy atom. The summed E-state index contributed by atoms with van der Waals surface area (Å²) in [6.07, 6.45) is 7.54. The minimum Gasteiger partial charge on any atom is -0.225 e. The highest BCUT2D eigenvalue weighted by Crippen LogP contribution is 1.88. The first kappa shape index (κ1) is 6.76. The van der Waals surface area contributed by atoms with Crippen LogP contribution in [0.5, 0.6) is 0 Å². The quantitative estimate of drug-likeness (QED) is 0.395.